The smallest absolute Gasteiger partial charge is 0.327 e. The molecule has 1 unspecified atom stereocenters. The summed E-state index contributed by atoms with van der Waals surface area (Å²) in [7, 11) is 0. The molecule has 2 N–H and O–H groups in total. The lowest BCUT2D eigenvalue weighted by Gasteiger charge is -2.12. The number of benzene rings is 1. The third-order valence-electron chi connectivity index (χ3n) is 1.83. The molecule has 0 spiro atoms. The largest absolute Gasteiger partial charge is 0.465 e. The summed E-state index contributed by atoms with van der Waals surface area (Å²) in [6.45, 7) is 2.04. The Morgan fingerprint density at radius 1 is 1.67 bits per heavy atom. The Kier molecular flexibility index (Phi) is 4.57. The first-order valence-corrected chi connectivity index (χ1v) is 5.60. The Hall–Kier alpha value is -0.580. The van der Waals surface area contributed by atoms with Gasteiger partial charge >= 0.3 is 5.97 Å². The van der Waals surface area contributed by atoms with E-state index < -0.39 is 12.0 Å². The molecule has 0 aliphatic carbocycles. The van der Waals surface area contributed by atoms with Crippen LogP contribution in [0.15, 0.2) is 22.7 Å². The monoisotopic (exact) mass is 291 g/mol. The van der Waals surface area contributed by atoms with E-state index in [1.54, 1.807) is 25.1 Å². The van der Waals surface area contributed by atoms with Crippen LogP contribution in [0.25, 0.3) is 0 Å². The Labute approximate surface area is 102 Å². The fourth-order valence-corrected chi connectivity index (χ4v) is 1.79. The molecule has 3 nitrogen and oxygen atoms in total. The van der Waals surface area contributed by atoms with Gasteiger partial charge in [0, 0.05) is 9.50 Å². The Morgan fingerprint density at radius 2 is 2.33 bits per heavy atom. The zero-order chi connectivity index (χ0) is 11.4. The van der Waals surface area contributed by atoms with Crippen LogP contribution in [0.2, 0.25) is 5.02 Å². The molecule has 0 heterocycles. The van der Waals surface area contributed by atoms with Crippen LogP contribution in [0, 0.1) is 0 Å². The van der Waals surface area contributed by atoms with Crippen LogP contribution >= 0.6 is 27.5 Å². The van der Waals surface area contributed by atoms with Gasteiger partial charge in [0.25, 0.3) is 0 Å². The highest BCUT2D eigenvalue weighted by atomic mass is 79.9. The number of carbonyl (C=O) groups is 1. The molecule has 0 bridgehead atoms. The molecular formula is C10H11BrClNO2. The predicted molar refractivity (Wildman–Crippen MR) is 62.7 cm³/mol. The van der Waals surface area contributed by atoms with E-state index in [-0.39, 0.29) is 0 Å². The number of esters is 1. The lowest BCUT2D eigenvalue weighted by Crippen LogP contribution is -2.24. The first-order valence-electron chi connectivity index (χ1n) is 4.43. The van der Waals surface area contributed by atoms with Gasteiger partial charge < -0.3 is 10.5 Å². The van der Waals surface area contributed by atoms with Crippen LogP contribution in [-0.2, 0) is 9.53 Å². The lowest BCUT2D eigenvalue weighted by molar-refractivity contribution is -0.144. The summed E-state index contributed by atoms with van der Waals surface area (Å²) in [4.78, 5) is 11.4. The lowest BCUT2D eigenvalue weighted by atomic mass is 10.1. The van der Waals surface area contributed by atoms with Crippen LogP contribution in [-0.4, -0.2) is 12.6 Å². The zero-order valence-corrected chi connectivity index (χ0v) is 10.5. The molecule has 1 rings (SSSR count). The number of rotatable bonds is 3. The highest BCUT2D eigenvalue weighted by molar-refractivity contribution is 9.10. The summed E-state index contributed by atoms with van der Waals surface area (Å²) in [5.74, 6) is -0.458. The molecule has 0 saturated carbocycles. The Balaban J connectivity index is 2.94. The van der Waals surface area contributed by atoms with Gasteiger partial charge in [-0.2, -0.15) is 0 Å². The van der Waals surface area contributed by atoms with Gasteiger partial charge in [-0.1, -0.05) is 27.5 Å². The van der Waals surface area contributed by atoms with Crippen molar-refractivity contribution in [3.8, 4) is 0 Å². The molecule has 0 radical (unpaired) electrons. The number of halogens is 2. The standard InChI is InChI=1S/C10H11BrClNO2/c1-2-15-10(14)9(13)7-5-6(12)3-4-8(7)11/h3-5,9H,2,13H2,1H3. The minimum Gasteiger partial charge on any atom is -0.465 e. The van der Waals surface area contributed by atoms with Crippen molar-refractivity contribution in [3.63, 3.8) is 0 Å². The summed E-state index contributed by atoms with van der Waals surface area (Å²) < 4.78 is 5.57. The second kappa shape index (κ2) is 5.49. The van der Waals surface area contributed by atoms with Gasteiger partial charge in [0.05, 0.1) is 6.61 Å². The minimum absolute atomic E-state index is 0.310. The third-order valence-corrected chi connectivity index (χ3v) is 2.79. The van der Waals surface area contributed by atoms with Crippen LogP contribution in [0.3, 0.4) is 0 Å². The van der Waals surface area contributed by atoms with Gasteiger partial charge in [-0.3, -0.25) is 0 Å². The van der Waals surface area contributed by atoms with Gasteiger partial charge in [0.15, 0.2) is 0 Å². The number of carbonyl (C=O) groups excluding carboxylic acids is 1. The van der Waals surface area contributed by atoms with Gasteiger partial charge in [0.1, 0.15) is 6.04 Å². The summed E-state index contributed by atoms with van der Waals surface area (Å²) in [6, 6.07) is 4.30. The van der Waals surface area contributed by atoms with Crippen molar-refractivity contribution in [1.82, 2.24) is 0 Å². The third kappa shape index (κ3) is 3.19. The van der Waals surface area contributed by atoms with E-state index in [0.717, 1.165) is 4.47 Å². The second-order valence-electron chi connectivity index (χ2n) is 2.90. The summed E-state index contributed by atoms with van der Waals surface area (Å²) >= 11 is 9.12. The quantitative estimate of drug-likeness (QED) is 0.871. The van der Waals surface area contributed by atoms with E-state index >= 15 is 0 Å². The molecule has 82 valence electrons. The van der Waals surface area contributed by atoms with Gasteiger partial charge in [0.2, 0.25) is 0 Å². The van der Waals surface area contributed by atoms with Crippen molar-refractivity contribution in [3.05, 3.63) is 33.3 Å². The van der Waals surface area contributed by atoms with E-state index in [1.165, 1.54) is 0 Å². The van der Waals surface area contributed by atoms with Crippen LogP contribution in [0.4, 0.5) is 0 Å². The maximum Gasteiger partial charge on any atom is 0.327 e. The van der Waals surface area contributed by atoms with Crippen molar-refractivity contribution in [2.75, 3.05) is 6.61 Å². The highest BCUT2D eigenvalue weighted by Gasteiger charge is 2.19. The average molecular weight is 293 g/mol. The summed E-state index contributed by atoms with van der Waals surface area (Å²) in [5.41, 5.74) is 6.36. The van der Waals surface area contributed by atoms with Gasteiger partial charge in [-0.05, 0) is 30.7 Å². The van der Waals surface area contributed by atoms with Crippen molar-refractivity contribution in [1.29, 1.82) is 0 Å². The molecule has 0 amide bonds. The second-order valence-corrected chi connectivity index (χ2v) is 4.19. The molecule has 0 saturated heterocycles. The van der Waals surface area contributed by atoms with E-state index in [9.17, 15) is 4.79 Å². The Morgan fingerprint density at radius 3 is 2.93 bits per heavy atom. The molecule has 0 fully saturated rings. The molecule has 15 heavy (non-hydrogen) atoms. The fraction of sp³-hybridized carbons (Fsp3) is 0.300. The zero-order valence-electron chi connectivity index (χ0n) is 8.17. The van der Waals surface area contributed by atoms with Crippen molar-refractivity contribution >= 4 is 33.5 Å². The van der Waals surface area contributed by atoms with E-state index in [0.29, 0.717) is 17.2 Å². The maximum atomic E-state index is 11.4. The Bertz CT molecular complexity index is 370. The van der Waals surface area contributed by atoms with Gasteiger partial charge in [-0.25, -0.2) is 4.79 Å². The molecule has 0 aliphatic heterocycles. The molecule has 1 aromatic carbocycles. The van der Waals surface area contributed by atoms with Crippen LogP contribution in [0.5, 0.6) is 0 Å². The molecule has 1 aromatic rings. The average Bonchev–Trinajstić information content (AvgIpc) is 2.21. The first-order chi connectivity index (χ1) is 7.06. The van der Waals surface area contributed by atoms with E-state index in [1.807, 2.05) is 0 Å². The van der Waals surface area contributed by atoms with Crippen molar-refractivity contribution in [2.45, 2.75) is 13.0 Å². The van der Waals surface area contributed by atoms with Crippen LogP contribution in [0.1, 0.15) is 18.5 Å². The number of hydrogen-bond acceptors (Lipinski definition) is 3. The van der Waals surface area contributed by atoms with E-state index in [2.05, 4.69) is 15.9 Å². The summed E-state index contributed by atoms with van der Waals surface area (Å²) in [5, 5.41) is 0.535. The maximum absolute atomic E-state index is 11.4. The predicted octanol–water partition coefficient (Wildman–Crippen LogP) is 2.67. The normalized spacial score (nSPS) is 12.3. The van der Waals surface area contributed by atoms with Crippen molar-refractivity contribution < 1.29 is 9.53 Å². The molecule has 5 heteroatoms. The molecule has 0 aliphatic rings. The fourth-order valence-electron chi connectivity index (χ4n) is 1.11. The molecular weight excluding hydrogens is 281 g/mol. The number of hydrogen-bond donors (Lipinski definition) is 1. The van der Waals surface area contributed by atoms with Crippen LogP contribution < -0.4 is 5.73 Å². The first kappa shape index (κ1) is 12.5. The summed E-state index contributed by atoms with van der Waals surface area (Å²) in [6.07, 6.45) is 0. The van der Waals surface area contributed by atoms with Gasteiger partial charge in [-0.15, -0.1) is 0 Å². The minimum atomic E-state index is -0.807. The molecule has 0 aromatic heterocycles. The topological polar surface area (TPSA) is 52.3 Å². The number of nitrogens with two attached hydrogens (primary N) is 1. The highest BCUT2D eigenvalue weighted by Crippen LogP contribution is 2.26. The van der Waals surface area contributed by atoms with Crippen molar-refractivity contribution in [2.24, 2.45) is 5.73 Å². The van der Waals surface area contributed by atoms with E-state index in [4.69, 9.17) is 22.1 Å². The molecule has 1 atom stereocenters. The number of ether oxygens (including phenoxy) is 1. The SMILES string of the molecule is CCOC(=O)C(N)c1cc(Cl)ccc1Br.